The molecule has 0 radical (unpaired) electrons. The van der Waals surface area contributed by atoms with Gasteiger partial charge >= 0.3 is 16.5 Å². The molecule has 0 fully saturated rings. The van der Waals surface area contributed by atoms with Crippen molar-refractivity contribution >= 4 is 27.4 Å². The Balaban J connectivity index is 1.63. The molecule has 2 N–H and O–H groups in total. The van der Waals surface area contributed by atoms with Gasteiger partial charge < -0.3 is 23.4 Å². The Morgan fingerprint density at radius 2 is 1.97 bits per heavy atom. The van der Waals surface area contributed by atoms with E-state index < -0.39 is 28.6 Å². The molecule has 2 unspecified atom stereocenters. The van der Waals surface area contributed by atoms with Gasteiger partial charge in [-0.3, -0.25) is 10.1 Å². The van der Waals surface area contributed by atoms with Crippen LogP contribution in [-0.2, 0) is 26.5 Å². The predicted molar refractivity (Wildman–Crippen MR) is 106 cm³/mol. The number of hydrogen-bond donors (Lipinski definition) is 2. The maximum atomic E-state index is 13.0. The van der Waals surface area contributed by atoms with Crippen molar-refractivity contribution in [3.63, 3.8) is 0 Å². The molecule has 162 valence electrons. The highest BCUT2D eigenvalue weighted by atomic mass is 32.3. The first kappa shape index (κ1) is 19.6. The van der Waals surface area contributed by atoms with Crippen LogP contribution in [0.15, 0.2) is 36.4 Å². The minimum Gasteiger partial charge on any atom is -0.468 e. The predicted octanol–water partition coefficient (Wildman–Crippen LogP) is 2.27. The molecule has 31 heavy (non-hydrogen) atoms. The van der Waals surface area contributed by atoms with Crippen molar-refractivity contribution in [3.8, 4) is 17.2 Å². The van der Waals surface area contributed by atoms with Gasteiger partial charge in [0.2, 0.25) is 6.79 Å². The fourth-order valence-corrected chi connectivity index (χ4v) is 4.41. The number of ether oxygens (including phenoxy) is 3. The SMILES string of the molecule is COC(=O)C1Cc2c([nH]c3ccc(OS(=O)(=O)F)cc23)C(c2ccc3c(c2)OCO3)N1. The normalized spacial score (nSPS) is 19.8. The van der Waals surface area contributed by atoms with Crippen molar-refractivity contribution in [3.05, 3.63) is 53.2 Å². The lowest BCUT2D eigenvalue weighted by Crippen LogP contribution is -2.45. The van der Waals surface area contributed by atoms with Crippen LogP contribution in [0.3, 0.4) is 0 Å². The Kier molecular flexibility index (Phi) is 4.52. The number of carbonyl (C=O) groups excluding carboxylic acids is 1. The van der Waals surface area contributed by atoms with E-state index in [1.807, 2.05) is 12.1 Å². The van der Waals surface area contributed by atoms with Gasteiger partial charge in [-0.25, -0.2) is 0 Å². The molecule has 2 atom stereocenters. The van der Waals surface area contributed by atoms with E-state index in [1.165, 1.54) is 19.2 Å². The molecule has 0 bridgehead atoms. The molecule has 3 aromatic rings. The summed E-state index contributed by atoms with van der Waals surface area (Å²) in [6.45, 7) is 0.138. The zero-order valence-electron chi connectivity index (χ0n) is 16.2. The van der Waals surface area contributed by atoms with Gasteiger partial charge in [-0.1, -0.05) is 9.95 Å². The van der Waals surface area contributed by atoms with Crippen molar-refractivity contribution in [2.45, 2.75) is 18.5 Å². The number of rotatable bonds is 4. The first-order valence-electron chi connectivity index (χ1n) is 9.34. The van der Waals surface area contributed by atoms with Crippen LogP contribution >= 0.6 is 0 Å². The zero-order chi connectivity index (χ0) is 21.8. The number of nitrogens with one attached hydrogen (secondary N) is 2. The minimum absolute atomic E-state index is 0.138. The first-order chi connectivity index (χ1) is 14.8. The van der Waals surface area contributed by atoms with E-state index in [0.29, 0.717) is 22.4 Å². The smallest absolute Gasteiger partial charge is 0.468 e. The van der Waals surface area contributed by atoms with E-state index in [2.05, 4.69) is 14.5 Å². The standard InChI is InChI=1S/C20H17FN2O7S/c1-27-20(24)15-8-13-12-7-11(30-31(21,25)26)3-4-14(12)22-19(13)18(23-15)10-2-5-16-17(6-10)29-9-28-16/h2-7,15,18,22-23H,8-9H2,1H3. The number of aromatic nitrogens is 1. The molecule has 9 nitrogen and oxygen atoms in total. The third kappa shape index (κ3) is 3.55. The Labute approximate surface area is 176 Å². The zero-order valence-corrected chi connectivity index (χ0v) is 17.0. The summed E-state index contributed by atoms with van der Waals surface area (Å²) in [6.07, 6.45) is 0.287. The van der Waals surface area contributed by atoms with Crippen LogP contribution in [-0.4, -0.2) is 39.3 Å². The Bertz CT molecular complexity index is 1300. The number of halogens is 1. The van der Waals surface area contributed by atoms with E-state index >= 15 is 0 Å². The largest absolute Gasteiger partial charge is 0.488 e. The summed E-state index contributed by atoms with van der Waals surface area (Å²) in [6, 6.07) is 8.80. The van der Waals surface area contributed by atoms with Crippen molar-refractivity contribution < 1.29 is 35.5 Å². The van der Waals surface area contributed by atoms with Crippen LogP contribution in [0.4, 0.5) is 3.89 Å². The molecule has 11 heteroatoms. The van der Waals surface area contributed by atoms with Gasteiger partial charge in [-0.05, 0) is 41.5 Å². The molecule has 5 rings (SSSR count). The molecule has 2 aliphatic rings. The van der Waals surface area contributed by atoms with E-state index in [1.54, 1.807) is 12.1 Å². The lowest BCUT2D eigenvalue weighted by molar-refractivity contribution is -0.143. The molecular formula is C20H17FN2O7S. The van der Waals surface area contributed by atoms with Gasteiger partial charge in [-0.15, -0.1) is 0 Å². The second-order valence-corrected chi connectivity index (χ2v) is 8.15. The van der Waals surface area contributed by atoms with Crippen LogP contribution in [0.5, 0.6) is 17.2 Å². The summed E-state index contributed by atoms with van der Waals surface area (Å²) < 4.78 is 54.9. The monoisotopic (exact) mass is 448 g/mol. The molecule has 2 aromatic carbocycles. The fraction of sp³-hybridized carbons (Fsp3) is 0.250. The quantitative estimate of drug-likeness (QED) is 0.461. The van der Waals surface area contributed by atoms with Crippen molar-refractivity contribution in [1.29, 1.82) is 0 Å². The van der Waals surface area contributed by atoms with Gasteiger partial charge in [0, 0.05) is 23.0 Å². The van der Waals surface area contributed by atoms with Crippen LogP contribution in [0, 0.1) is 0 Å². The number of benzene rings is 2. The number of carbonyl (C=O) groups is 1. The second kappa shape index (κ2) is 7.13. The highest BCUT2D eigenvalue weighted by Gasteiger charge is 2.35. The molecule has 1 aromatic heterocycles. The van der Waals surface area contributed by atoms with Crippen LogP contribution in [0.2, 0.25) is 0 Å². The molecule has 0 saturated carbocycles. The van der Waals surface area contributed by atoms with Crippen molar-refractivity contribution in [1.82, 2.24) is 10.3 Å². The summed E-state index contributed by atoms with van der Waals surface area (Å²) >= 11 is 0. The molecule has 0 amide bonds. The van der Waals surface area contributed by atoms with E-state index in [0.717, 1.165) is 16.8 Å². The molecule has 0 aliphatic carbocycles. The van der Waals surface area contributed by atoms with Crippen LogP contribution in [0.25, 0.3) is 10.9 Å². The average Bonchev–Trinajstić information content (AvgIpc) is 3.35. The van der Waals surface area contributed by atoms with E-state index in [4.69, 9.17) is 14.2 Å². The van der Waals surface area contributed by atoms with Crippen molar-refractivity contribution in [2.24, 2.45) is 0 Å². The summed E-state index contributed by atoms with van der Waals surface area (Å²) in [5.74, 6) is 0.630. The molecular weight excluding hydrogens is 431 g/mol. The number of esters is 1. The number of aromatic amines is 1. The summed E-state index contributed by atoms with van der Waals surface area (Å²) in [7, 11) is -3.85. The molecule has 0 spiro atoms. The third-order valence-electron chi connectivity index (χ3n) is 5.39. The number of fused-ring (bicyclic) bond motifs is 4. The summed E-state index contributed by atoms with van der Waals surface area (Å²) in [5.41, 5.74) is 3.07. The van der Waals surface area contributed by atoms with Gasteiger partial charge in [0.05, 0.1) is 13.2 Å². The van der Waals surface area contributed by atoms with E-state index in [-0.39, 0.29) is 19.0 Å². The van der Waals surface area contributed by atoms with Crippen molar-refractivity contribution in [2.75, 3.05) is 13.9 Å². The summed E-state index contributed by atoms with van der Waals surface area (Å²) in [4.78, 5) is 15.7. The summed E-state index contributed by atoms with van der Waals surface area (Å²) in [5, 5.41) is 3.91. The minimum atomic E-state index is -5.16. The van der Waals surface area contributed by atoms with Gasteiger partial charge in [0.25, 0.3) is 0 Å². The lowest BCUT2D eigenvalue weighted by atomic mass is 9.90. The van der Waals surface area contributed by atoms with E-state index in [9.17, 15) is 17.1 Å². The Hall–Kier alpha value is -3.31. The average molecular weight is 448 g/mol. The highest BCUT2D eigenvalue weighted by molar-refractivity contribution is 7.81. The van der Waals surface area contributed by atoms with Gasteiger partial charge in [0.1, 0.15) is 11.8 Å². The first-order valence-corrected chi connectivity index (χ1v) is 10.7. The fourth-order valence-electron chi connectivity index (χ4n) is 4.08. The van der Waals surface area contributed by atoms with Gasteiger partial charge in [-0.2, -0.15) is 8.42 Å². The number of H-pyrrole nitrogens is 1. The number of hydrogen-bond acceptors (Lipinski definition) is 8. The highest BCUT2D eigenvalue weighted by Crippen LogP contribution is 2.40. The molecule has 3 heterocycles. The maximum absolute atomic E-state index is 13.0. The number of methoxy groups -OCH3 is 1. The third-order valence-corrected chi connectivity index (χ3v) is 5.78. The van der Waals surface area contributed by atoms with Crippen LogP contribution < -0.4 is 19.0 Å². The van der Waals surface area contributed by atoms with Crippen LogP contribution in [0.1, 0.15) is 22.9 Å². The van der Waals surface area contributed by atoms with Gasteiger partial charge in [0.15, 0.2) is 11.5 Å². The second-order valence-electron chi connectivity index (χ2n) is 7.19. The topological polar surface area (TPSA) is 116 Å². The Morgan fingerprint density at radius 1 is 1.16 bits per heavy atom. The molecule has 2 aliphatic heterocycles. The maximum Gasteiger partial charge on any atom is 0.488 e. The Morgan fingerprint density at radius 3 is 2.74 bits per heavy atom. The lowest BCUT2D eigenvalue weighted by Gasteiger charge is -2.30. The molecule has 0 saturated heterocycles.